The minimum absolute atomic E-state index is 0.145. The molecule has 23 heavy (non-hydrogen) atoms. The number of nitrogens with one attached hydrogen (secondary N) is 2. The van der Waals surface area contributed by atoms with Crippen LogP contribution in [0, 0.1) is 0 Å². The Morgan fingerprint density at radius 3 is 2.30 bits per heavy atom. The first-order chi connectivity index (χ1) is 11.2. The van der Waals surface area contributed by atoms with Gasteiger partial charge in [0.1, 0.15) is 0 Å². The van der Waals surface area contributed by atoms with Gasteiger partial charge in [-0.05, 0) is 42.8 Å². The average molecular weight is 313 g/mol. The third-order valence-corrected chi connectivity index (χ3v) is 3.16. The lowest BCUT2D eigenvalue weighted by Gasteiger charge is -2.07. The first-order valence-corrected chi connectivity index (χ1v) is 7.29. The highest BCUT2D eigenvalue weighted by Gasteiger charge is 2.07. The van der Waals surface area contributed by atoms with Crippen LogP contribution in [0.2, 0.25) is 0 Å². The largest absolute Gasteiger partial charge is 0.385 e. The van der Waals surface area contributed by atoms with Crippen molar-refractivity contribution in [3.63, 3.8) is 0 Å². The molecular formula is C17H19N3O3. The summed E-state index contributed by atoms with van der Waals surface area (Å²) < 4.78 is 4.92. The van der Waals surface area contributed by atoms with Crippen molar-refractivity contribution in [2.45, 2.75) is 6.42 Å². The van der Waals surface area contributed by atoms with Crippen LogP contribution in [0.4, 0.5) is 5.69 Å². The van der Waals surface area contributed by atoms with E-state index in [1.165, 1.54) is 0 Å². The van der Waals surface area contributed by atoms with Crippen molar-refractivity contribution in [2.75, 3.05) is 25.6 Å². The van der Waals surface area contributed by atoms with Gasteiger partial charge in [0.2, 0.25) is 0 Å². The lowest BCUT2D eigenvalue weighted by molar-refractivity contribution is 0.0948. The Hall–Kier alpha value is -2.73. The molecule has 6 nitrogen and oxygen atoms in total. The Labute approximate surface area is 134 Å². The van der Waals surface area contributed by atoms with E-state index in [1.807, 2.05) is 0 Å². The summed E-state index contributed by atoms with van der Waals surface area (Å²) in [4.78, 5) is 27.8. The summed E-state index contributed by atoms with van der Waals surface area (Å²) in [6.45, 7) is 1.17. The summed E-state index contributed by atoms with van der Waals surface area (Å²) in [6, 6.07) is 10.0. The van der Waals surface area contributed by atoms with Crippen molar-refractivity contribution in [1.29, 1.82) is 0 Å². The first kappa shape index (κ1) is 16.6. The molecule has 0 saturated carbocycles. The number of anilines is 1. The number of nitrogens with zero attached hydrogens (tertiary/aromatic N) is 1. The van der Waals surface area contributed by atoms with Crippen LogP contribution in [0.15, 0.2) is 48.8 Å². The smallest absolute Gasteiger partial charge is 0.255 e. The molecule has 0 aliphatic rings. The van der Waals surface area contributed by atoms with E-state index in [4.69, 9.17) is 4.74 Å². The molecule has 0 atom stereocenters. The van der Waals surface area contributed by atoms with Gasteiger partial charge in [0.15, 0.2) is 0 Å². The van der Waals surface area contributed by atoms with Gasteiger partial charge < -0.3 is 15.4 Å². The van der Waals surface area contributed by atoms with Crippen LogP contribution in [0.5, 0.6) is 0 Å². The molecular weight excluding hydrogens is 294 g/mol. The van der Waals surface area contributed by atoms with Crippen molar-refractivity contribution in [3.05, 3.63) is 59.9 Å². The Morgan fingerprint density at radius 2 is 1.65 bits per heavy atom. The summed E-state index contributed by atoms with van der Waals surface area (Å²) in [7, 11) is 1.63. The van der Waals surface area contributed by atoms with Crippen molar-refractivity contribution in [1.82, 2.24) is 10.3 Å². The fourth-order valence-corrected chi connectivity index (χ4v) is 1.93. The zero-order chi connectivity index (χ0) is 16.5. The van der Waals surface area contributed by atoms with E-state index in [0.29, 0.717) is 30.0 Å². The molecule has 2 rings (SSSR count). The zero-order valence-electron chi connectivity index (χ0n) is 12.9. The molecule has 1 heterocycles. The summed E-state index contributed by atoms with van der Waals surface area (Å²) in [5, 5.41) is 5.58. The fraction of sp³-hybridized carbons (Fsp3) is 0.235. The lowest BCUT2D eigenvalue weighted by Crippen LogP contribution is -2.25. The number of carbonyl (C=O) groups excluding carboxylic acids is 2. The molecule has 0 saturated heterocycles. The maximum Gasteiger partial charge on any atom is 0.255 e. The average Bonchev–Trinajstić information content (AvgIpc) is 2.60. The number of ether oxygens (including phenoxy) is 1. The van der Waals surface area contributed by atoms with E-state index < -0.39 is 0 Å². The highest BCUT2D eigenvalue weighted by molar-refractivity contribution is 6.04. The molecule has 1 aromatic heterocycles. The molecule has 2 amide bonds. The second kappa shape index (κ2) is 8.65. The normalized spacial score (nSPS) is 10.1. The Morgan fingerprint density at radius 1 is 1.00 bits per heavy atom. The fourth-order valence-electron chi connectivity index (χ4n) is 1.93. The maximum absolute atomic E-state index is 12.0. The van der Waals surface area contributed by atoms with Gasteiger partial charge in [-0.3, -0.25) is 14.6 Å². The van der Waals surface area contributed by atoms with E-state index in [2.05, 4.69) is 15.6 Å². The number of rotatable bonds is 7. The number of benzene rings is 1. The van der Waals surface area contributed by atoms with Crippen molar-refractivity contribution >= 4 is 17.5 Å². The maximum atomic E-state index is 12.0. The van der Waals surface area contributed by atoms with Crippen molar-refractivity contribution < 1.29 is 14.3 Å². The van der Waals surface area contributed by atoms with Crippen LogP contribution < -0.4 is 10.6 Å². The molecule has 6 heteroatoms. The van der Waals surface area contributed by atoms with E-state index in [9.17, 15) is 9.59 Å². The molecule has 2 aromatic rings. The highest BCUT2D eigenvalue weighted by Crippen LogP contribution is 2.11. The van der Waals surface area contributed by atoms with Crippen molar-refractivity contribution in [2.24, 2.45) is 0 Å². The Kier molecular flexibility index (Phi) is 6.26. The Balaban J connectivity index is 1.89. The summed E-state index contributed by atoms with van der Waals surface area (Å²) in [6.07, 6.45) is 3.89. The van der Waals surface area contributed by atoms with Gasteiger partial charge >= 0.3 is 0 Å². The quantitative estimate of drug-likeness (QED) is 0.767. The van der Waals surface area contributed by atoms with Gasteiger partial charge in [-0.1, -0.05) is 0 Å². The van der Waals surface area contributed by atoms with E-state index in [1.54, 1.807) is 55.9 Å². The highest BCUT2D eigenvalue weighted by atomic mass is 16.5. The predicted molar refractivity (Wildman–Crippen MR) is 87.5 cm³/mol. The van der Waals surface area contributed by atoms with Gasteiger partial charge in [-0.25, -0.2) is 0 Å². The van der Waals surface area contributed by atoms with Gasteiger partial charge in [0.25, 0.3) is 11.8 Å². The predicted octanol–water partition coefficient (Wildman–Crippen LogP) is 2.10. The standard InChI is InChI=1S/C17H19N3O3/c1-23-12-2-9-19-16(21)13-3-5-15(6-4-13)20-17(22)14-7-10-18-11-8-14/h3-8,10-11H,2,9,12H2,1H3,(H,19,21)(H,20,22). The van der Waals surface area contributed by atoms with Gasteiger partial charge in [-0.15, -0.1) is 0 Å². The molecule has 1 aromatic carbocycles. The minimum atomic E-state index is -0.218. The van der Waals surface area contributed by atoms with Crippen LogP contribution >= 0.6 is 0 Å². The van der Waals surface area contributed by atoms with E-state index in [-0.39, 0.29) is 11.8 Å². The monoisotopic (exact) mass is 313 g/mol. The molecule has 120 valence electrons. The SMILES string of the molecule is COCCCNC(=O)c1ccc(NC(=O)c2ccncc2)cc1. The van der Waals surface area contributed by atoms with E-state index >= 15 is 0 Å². The van der Waals surface area contributed by atoms with Crippen LogP contribution in [0.3, 0.4) is 0 Å². The molecule has 0 aliphatic carbocycles. The van der Waals surface area contributed by atoms with Gasteiger partial charge in [0.05, 0.1) is 0 Å². The molecule has 0 radical (unpaired) electrons. The zero-order valence-corrected chi connectivity index (χ0v) is 12.9. The van der Waals surface area contributed by atoms with Crippen LogP contribution in [-0.4, -0.2) is 37.1 Å². The van der Waals surface area contributed by atoms with Gasteiger partial charge in [0, 0.05) is 49.5 Å². The second-order valence-corrected chi connectivity index (χ2v) is 4.87. The molecule has 0 fully saturated rings. The van der Waals surface area contributed by atoms with Crippen LogP contribution in [-0.2, 0) is 4.74 Å². The molecule has 0 unspecified atom stereocenters. The second-order valence-electron chi connectivity index (χ2n) is 4.87. The summed E-state index contributed by atoms with van der Waals surface area (Å²) >= 11 is 0. The number of aromatic nitrogens is 1. The lowest BCUT2D eigenvalue weighted by atomic mass is 10.2. The number of pyridine rings is 1. The third kappa shape index (κ3) is 5.19. The molecule has 0 bridgehead atoms. The number of methoxy groups -OCH3 is 1. The van der Waals surface area contributed by atoms with Gasteiger partial charge in [-0.2, -0.15) is 0 Å². The van der Waals surface area contributed by atoms with Crippen LogP contribution in [0.1, 0.15) is 27.1 Å². The first-order valence-electron chi connectivity index (χ1n) is 7.29. The van der Waals surface area contributed by atoms with Crippen LogP contribution in [0.25, 0.3) is 0 Å². The summed E-state index contributed by atoms with van der Waals surface area (Å²) in [5.74, 6) is -0.364. The number of amides is 2. The minimum Gasteiger partial charge on any atom is -0.385 e. The molecule has 2 N–H and O–H groups in total. The van der Waals surface area contributed by atoms with E-state index in [0.717, 1.165) is 6.42 Å². The topological polar surface area (TPSA) is 80.3 Å². The Bertz CT molecular complexity index is 642. The number of hydrogen-bond donors (Lipinski definition) is 2. The molecule has 0 spiro atoms. The number of hydrogen-bond acceptors (Lipinski definition) is 4. The number of carbonyl (C=O) groups is 2. The van der Waals surface area contributed by atoms with Crippen molar-refractivity contribution in [3.8, 4) is 0 Å². The molecule has 0 aliphatic heterocycles. The summed E-state index contributed by atoms with van der Waals surface area (Å²) in [5.41, 5.74) is 1.70. The third-order valence-electron chi connectivity index (χ3n) is 3.16.